The fourth-order valence-electron chi connectivity index (χ4n) is 1.60. The molecular formula is C16H23Cl2NO2. The lowest BCUT2D eigenvalue weighted by molar-refractivity contribution is 0.319. The quantitative estimate of drug-likeness (QED) is 0.815. The second-order valence-corrected chi connectivity index (χ2v) is 6.58. The summed E-state index contributed by atoms with van der Waals surface area (Å²) in [6.45, 7) is 9.31. The number of ether oxygens (including phenoxy) is 2. The minimum Gasteiger partial charge on any atom is -0.493 e. The number of hydrogen-bond acceptors (Lipinski definition) is 3. The monoisotopic (exact) mass is 331 g/mol. The van der Waals surface area contributed by atoms with Gasteiger partial charge < -0.3 is 14.8 Å². The van der Waals surface area contributed by atoms with Gasteiger partial charge in [0, 0.05) is 17.6 Å². The van der Waals surface area contributed by atoms with Gasteiger partial charge in [0.25, 0.3) is 0 Å². The van der Waals surface area contributed by atoms with Crippen LogP contribution in [0, 0.1) is 0 Å². The predicted molar refractivity (Wildman–Crippen MR) is 89.7 cm³/mol. The number of benzene rings is 1. The van der Waals surface area contributed by atoms with Gasteiger partial charge in [-0.25, -0.2) is 0 Å². The minimum absolute atomic E-state index is 0.0388. The first kappa shape index (κ1) is 18.1. The molecule has 5 heteroatoms. The molecule has 0 atom stereocenters. The van der Waals surface area contributed by atoms with E-state index in [2.05, 4.69) is 26.1 Å². The molecular weight excluding hydrogens is 309 g/mol. The lowest BCUT2D eigenvalue weighted by Gasteiger charge is -2.21. The van der Waals surface area contributed by atoms with Crippen LogP contribution in [0.1, 0.15) is 33.3 Å². The topological polar surface area (TPSA) is 30.5 Å². The summed E-state index contributed by atoms with van der Waals surface area (Å²) in [6.07, 6.45) is 0. The highest BCUT2D eigenvalue weighted by atomic mass is 35.5. The zero-order valence-corrected chi connectivity index (χ0v) is 14.7. The van der Waals surface area contributed by atoms with E-state index in [1.54, 1.807) is 7.11 Å². The van der Waals surface area contributed by atoms with Gasteiger partial charge in [-0.05, 0) is 51.0 Å². The zero-order valence-electron chi connectivity index (χ0n) is 13.2. The first-order valence-corrected chi connectivity index (χ1v) is 7.58. The predicted octanol–water partition coefficient (Wildman–Crippen LogP) is 4.76. The molecule has 21 heavy (non-hydrogen) atoms. The number of rotatable bonds is 6. The molecule has 0 heterocycles. The van der Waals surface area contributed by atoms with Gasteiger partial charge in [-0.2, -0.15) is 0 Å². The van der Waals surface area contributed by atoms with Crippen LogP contribution in [-0.2, 0) is 6.54 Å². The molecule has 118 valence electrons. The van der Waals surface area contributed by atoms with E-state index in [4.69, 9.17) is 32.7 Å². The molecule has 1 aromatic rings. The third kappa shape index (κ3) is 6.16. The van der Waals surface area contributed by atoms with E-state index in [1.165, 1.54) is 5.54 Å². The van der Waals surface area contributed by atoms with Crippen LogP contribution in [0.4, 0.5) is 0 Å². The van der Waals surface area contributed by atoms with Crippen molar-refractivity contribution in [1.82, 2.24) is 5.32 Å². The number of hydrogen-bond donors (Lipinski definition) is 1. The SMILES string of the molecule is COc1cc(CNC(C)(C)C)cc(Cl)c1OC/C(C)=C/Cl. The van der Waals surface area contributed by atoms with Crippen LogP contribution in [0.25, 0.3) is 0 Å². The maximum Gasteiger partial charge on any atom is 0.180 e. The summed E-state index contributed by atoms with van der Waals surface area (Å²) >= 11 is 11.9. The van der Waals surface area contributed by atoms with Crippen molar-refractivity contribution in [2.75, 3.05) is 13.7 Å². The Balaban J connectivity index is 2.91. The van der Waals surface area contributed by atoms with Gasteiger partial charge in [0.2, 0.25) is 0 Å². The van der Waals surface area contributed by atoms with Gasteiger partial charge >= 0.3 is 0 Å². The lowest BCUT2D eigenvalue weighted by atomic mass is 10.1. The normalized spacial score (nSPS) is 12.4. The van der Waals surface area contributed by atoms with Crippen LogP contribution in [-0.4, -0.2) is 19.3 Å². The highest BCUT2D eigenvalue weighted by Gasteiger charge is 2.14. The van der Waals surface area contributed by atoms with Gasteiger partial charge in [0.1, 0.15) is 6.61 Å². The van der Waals surface area contributed by atoms with Crippen molar-refractivity contribution >= 4 is 23.2 Å². The van der Waals surface area contributed by atoms with Crippen LogP contribution >= 0.6 is 23.2 Å². The van der Waals surface area contributed by atoms with Gasteiger partial charge in [-0.1, -0.05) is 23.2 Å². The van der Waals surface area contributed by atoms with E-state index in [1.807, 2.05) is 19.1 Å². The van der Waals surface area contributed by atoms with Crippen molar-refractivity contribution in [1.29, 1.82) is 0 Å². The molecule has 0 saturated carbocycles. The van der Waals surface area contributed by atoms with Crippen LogP contribution in [0.3, 0.4) is 0 Å². The summed E-state index contributed by atoms with van der Waals surface area (Å²) in [7, 11) is 1.60. The fourth-order valence-corrected chi connectivity index (χ4v) is 1.95. The molecule has 1 rings (SSSR count). The molecule has 3 nitrogen and oxygen atoms in total. The highest BCUT2D eigenvalue weighted by Crippen LogP contribution is 2.36. The Kier molecular flexibility index (Phi) is 6.85. The minimum atomic E-state index is 0.0388. The molecule has 0 bridgehead atoms. The molecule has 0 unspecified atom stereocenters. The smallest absolute Gasteiger partial charge is 0.180 e. The van der Waals surface area contributed by atoms with E-state index in [0.717, 1.165) is 11.1 Å². The summed E-state index contributed by atoms with van der Waals surface area (Å²) in [5, 5.41) is 3.94. The molecule has 0 fully saturated rings. The van der Waals surface area contributed by atoms with Gasteiger partial charge in [0.15, 0.2) is 11.5 Å². The lowest BCUT2D eigenvalue weighted by Crippen LogP contribution is -2.35. The van der Waals surface area contributed by atoms with Gasteiger partial charge in [-0.3, -0.25) is 0 Å². The molecule has 1 aromatic carbocycles. The third-order valence-corrected chi connectivity index (χ3v) is 3.40. The Morgan fingerprint density at radius 1 is 1.33 bits per heavy atom. The second kappa shape index (κ2) is 7.92. The highest BCUT2D eigenvalue weighted by molar-refractivity contribution is 6.32. The largest absolute Gasteiger partial charge is 0.493 e. The van der Waals surface area contributed by atoms with E-state index in [-0.39, 0.29) is 5.54 Å². The molecule has 0 saturated heterocycles. The van der Waals surface area contributed by atoms with Crippen molar-refractivity contribution in [3.8, 4) is 11.5 Å². The molecule has 0 amide bonds. The third-order valence-electron chi connectivity index (χ3n) is 2.74. The summed E-state index contributed by atoms with van der Waals surface area (Å²) in [4.78, 5) is 0. The Morgan fingerprint density at radius 3 is 2.52 bits per heavy atom. The van der Waals surface area contributed by atoms with Crippen LogP contribution in [0.15, 0.2) is 23.2 Å². The van der Waals surface area contributed by atoms with Crippen molar-refractivity contribution in [2.24, 2.45) is 0 Å². The summed E-state index contributed by atoms with van der Waals surface area (Å²) in [5.41, 5.74) is 3.48. The Labute approximate surface area is 137 Å². The average molecular weight is 332 g/mol. The van der Waals surface area contributed by atoms with E-state index in [0.29, 0.717) is 29.7 Å². The van der Waals surface area contributed by atoms with Crippen LogP contribution < -0.4 is 14.8 Å². The van der Waals surface area contributed by atoms with Crippen molar-refractivity contribution in [3.05, 3.63) is 33.8 Å². The average Bonchev–Trinajstić information content (AvgIpc) is 2.42. The Morgan fingerprint density at radius 2 is 2.00 bits per heavy atom. The second-order valence-electron chi connectivity index (χ2n) is 5.96. The Hall–Kier alpha value is -0.900. The molecule has 1 N–H and O–H groups in total. The van der Waals surface area contributed by atoms with Gasteiger partial charge in [-0.15, -0.1) is 0 Å². The number of halogens is 2. The fraction of sp³-hybridized carbons (Fsp3) is 0.500. The van der Waals surface area contributed by atoms with Crippen molar-refractivity contribution in [3.63, 3.8) is 0 Å². The number of methoxy groups -OCH3 is 1. The summed E-state index contributed by atoms with van der Waals surface area (Å²) < 4.78 is 11.1. The van der Waals surface area contributed by atoms with Crippen LogP contribution in [0.2, 0.25) is 5.02 Å². The molecule has 0 radical (unpaired) electrons. The van der Waals surface area contributed by atoms with Crippen molar-refractivity contribution < 1.29 is 9.47 Å². The summed E-state index contributed by atoms with van der Waals surface area (Å²) in [6, 6.07) is 3.82. The van der Waals surface area contributed by atoms with Crippen molar-refractivity contribution in [2.45, 2.75) is 39.8 Å². The standard InChI is InChI=1S/C16H23Cl2NO2/c1-11(8-17)10-21-15-13(18)6-12(7-14(15)20-5)9-19-16(2,3)4/h6-8,19H,9-10H2,1-5H3/b11-8+. The van der Waals surface area contributed by atoms with Gasteiger partial charge in [0.05, 0.1) is 12.1 Å². The van der Waals surface area contributed by atoms with Crippen LogP contribution in [0.5, 0.6) is 11.5 Å². The molecule has 0 aliphatic heterocycles. The summed E-state index contributed by atoms with van der Waals surface area (Å²) in [5.74, 6) is 1.16. The first-order chi connectivity index (χ1) is 9.76. The van der Waals surface area contributed by atoms with E-state index >= 15 is 0 Å². The molecule has 0 aliphatic rings. The molecule has 0 spiro atoms. The van der Waals surface area contributed by atoms with E-state index in [9.17, 15) is 0 Å². The Bertz CT molecular complexity index is 508. The number of nitrogens with one attached hydrogen (secondary N) is 1. The zero-order chi connectivity index (χ0) is 16.0. The van der Waals surface area contributed by atoms with E-state index < -0.39 is 0 Å². The molecule has 0 aromatic heterocycles. The maximum absolute atomic E-state index is 6.30. The first-order valence-electron chi connectivity index (χ1n) is 6.77. The molecule has 0 aliphatic carbocycles. The maximum atomic E-state index is 6.30.